The van der Waals surface area contributed by atoms with Crippen molar-refractivity contribution in [2.75, 3.05) is 6.61 Å². The van der Waals surface area contributed by atoms with E-state index in [2.05, 4.69) is 5.32 Å². The van der Waals surface area contributed by atoms with Crippen LogP contribution in [0.4, 0.5) is 4.79 Å². The quantitative estimate of drug-likeness (QED) is 0.482. The van der Waals surface area contributed by atoms with Crippen LogP contribution in [0, 0.1) is 5.92 Å². The number of carbonyl (C=O) groups excluding carboxylic acids is 2. The van der Waals surface area contributed by atoms with Crippen molar-refractivity contribution < 1.29 is 14.7 Å². The lowest BCUT2D eigenvalue weighted by molar-refractivity contribution is -0.121. The molecule has 0 aromatic heterocycles. The molecule has 15 heavy (non-hydrogen) atoms. The number of hydrogen-bond donors (Lipinski definition) is 4. The monoisotopic (exact) mass is 217 g/mol. The average molecular weight is 217 g/mol. The molecule has 0 fully saturated rings. The van der Waals surface area contributed by atoms with Gasteiger partial charge < -0.3 is 16.2 Å². The zero-order valence-corrected chi connectivity index (χ0v) is 9.28. The molecule has 3 amide bonds. The van der Waals surface area contributed by atoms with Crippen LogP contribution in [0.15, 0.2) is 0 Å². The van der Waals surface area contributed by atoms with E-state index >= 15 is 0 Å². The Balaban J connectivity index is 4.15. The highest BCUT2D eigenvalue weighted by atomic mass is 16.3. The van der Waals surface area contributed by atoms with Crippen LogP contribution in [0.1, 0.15) is 20.8 Å². The molecule has 0 saturated carbocycles. The van der Waals surface area contributed by atoms with Crippen LogP contribution in [0.2, 0.25) is 0 Å². The number of primary amides is 1. The van der Waals surface area contributed by atoms with Gasteiger partial charge in [0, 0.05) is 6.04 Å². The number of carbonyl (C=O) groups is 2. The molecule has 0 heterocycles. The lowest BCUT2D eigenvalue weighted by Gasteiger charge is -2.23. The van der Waals surface area contributed by atoms with Crippen LogP contribution in [0.25, 0.3) is 0 Å². The summed E-state index contributed by atoms with van der Waals surface area (Å²) in [5.74, 6) is -0.305. The van der Waals surface area contributed by atoms with E-state index in [9.17, 15) is 9.59 Å². The molecule has 0 spiro atoms. The highest BCUT2D eigenvalue weighted by Crippen LogP contribution is 2.01. The Labute approximate surface area is 89.2 Å². The number of amides is 3. The molecule has 88 valence electrons. The molecule has 0 aromatic carbocycles. The maximum atomic E-state index is 11.3. The van der Waals surface area contributed by atoms with Gasteiger partial charge >= 0.3 is 6.03 Å². The highest BCUT2D eigenvalue weighted by molar-refractivity contribution is 5.96. The first-order valence-electron chi connectivity index (χ1n) is 4.85. The zero-order valence-electron chi connectivity index (χ0n) is 9.28. The fourth-order valence-corrected chi connectivity index (χ4v) is 1.08. The van der Waals surface area contributed by atoms with E-state index in [0.717, 1.165) is 0 Å². The van der Waals surface area contributed by atoms with Gasteiger partial charge in [0.25, 0.3) is 0 Å². The first-order valence-corrected chi connectivity index (χ1v) is 4.85. The Morgan fingerprint density at radius 2 is 1.87 bits per heavy atom. The van der Waals surface area contributed by atoms with Gasteiger partial charge in [-0.1, -0.05) is 13.8 Å². The van der Waals surface area contributed by atoms with Crippen LogP contribution in [0.3, 0.4) is 0 Å². The minimum Gasteiger partial charge on any atom is -0.395 e. The summed E-state index contributed by atoms with van der Waals surface area (Å²) in [6.45, 7) is 5.38. The third kappa shape index (κ3) is 5.34. The van der Waals surface area contributed by atoms with Gasteiger partial charge in [0.1, 0.15) is 0 Å². The SMILES string of the molecule is CC(NC(CO)C(C)C)C(=O)NC(N)=O. The van der Waals surface area contributed by atoms with Gasteiger partial charge in [-0.3, -0.25) is 10.1 Å². The molecule has 0 aliphatic heterocycles. The summed E-state index contributed by atoms with van der Waals surface area (Å²) < 4.78 is 0. The molecule has 2 atom stereocenters. The van der Waals surface area contributed by atoms with Gasteiger partial charge in [-0.25, -0.2) is 4.79 Å². The molecule has 0 rings (SSSR count). The summed E-state index contributed by atoms with van der Waals surface area (Å²) in [5, 5.41) is 13.9. The van der Waals surface area contributed by atoms with Crippen LogP contribution >= 0.6 is 0 Å². The second kappa shape index (κ2) is 6.36. The fraction of sp³-hybridized carbons (Fsp3) is 0.778. The summed E-state index contributed by atoms with van der Waals surface area (Å²) in [6.07, 6.45) is 0. The van der Waals surface area contributed by atoms with Crippen molar-refractivity contribution in [1.29, 1.82) is 0 Å². The molecule has 6 nitrogen and oxygen atoms in total. The molecule has 0 bridgehead atoms. The molecule has 5 N–H and O–H groups in total. The van der Waals surface area contributed by atoms with Crippen molar-refractivity contribution in [2.24, 2.45) is 11.7 Å². The summed E-state index contributed by atoms with van der Waals surface area (Å²) in [7, 11) is 0. The van der Waals surface area contributed by atoms with E-state index in [1.807, 2.05) is 19.2 Å². The third-order valence-electron chi connectivity index (χ3n) is 2.11. The lowest BCUT2D eigenvalue weighted by Crippen LogP contribution is -2.51. The molecule has 6 heteroatoms. The van der Waals surface area contributed by atoms with Crippen molar-refractivity contribution in [3.63, 3.8) is 0 Å². The smallest absolute Gasteiger partial charge is 0.318 e. The first-order chi connectivity index (χ1) is 6.88. The summed E-state index contributed by atoms with van der Waals surface area (Å²) >= 11 is 0. The maximum Gasteiger partial charge on any atom is 0.318 e. The van der Waals surface area contributed by atoms with Gasteiger partial charge in [-0.15, -0.1) is 0 Å². The van der Waals surface area contributed by atoms with Crippen LogP contribution in [0.5, 0.6) is 0 Å². The summed E-state index contributed by atoms with van der Waals surface area (Å²) in [6, 6.07) is -1.63. The number of aliphatic hydroxyl groups is 1. The van der Waals surface area contributed by atoms with Crippen molar-refractivity contribution in [1.82, 2.24) is 10.6 Å². The number of imide groups is 1. The van der Waals surface area contributed by atoms with Gasteiger partial charge in [0.15, 0.2) is 0 Å². The van der Waals surface area contributed by atoms with Gasteiger partial charge in [-0.2, -0.15) is 0 Å². The van der Waals surface area contributed by atoms with Crippen molar-refractivity contribution >= 4 is 11.9 Å². The maximum absolute atomic E-state index is 11.3. The Kier molecular flexibility index (Phi) is 5.88. The molecular formula is C9H19N3O3. The number of hydrogen-bond acceptors (Lipinski definition) is 4. The average Bonchev–Trinajstić information content (AvgIpc) is 2.11. The Bertz CT molecular complexity index is 231. The molecule has 2 unspecified atom stereocenters. The normalized spacial score (nSPS) is 14.7. The van der Waals surface area contributed by atoms with E-state index in [0.29, 0.717) is 0 Å². The van der Waals surface area contributed by atoms with E-state index in [-0.39, 0.29) is 18.6 Å². The van der Waals surface area contributed by atoms with E-state index < -0.39 is 18.0 Å². The molecule has 0 aromatic rings. The number of nitrogens with one attached hydrogen (secondary N) is 2. The Morgan fingerprint density at radius 1 is 1.33 bits per heavy atom. The van der Waals surface area contributed by atoms with Gasteiger partial charge in [0.05, 0.1) is 12.6 Å². The standard InChI is InChI=1S/C9H19N3O3/c1-5(2)7(4-13)11-6(3)8(14)12-9(10)15/h5-7,11,13H,4H2,1-3H3,(H3,10,12,14,15). The molecular weight excluding hydrogens is 198 g/mol. The number of aliphatic hydroxyl groups excluding tert-OH is 1. The Morgan fingerprint density at radius 3 is 2.20 bits per heavy atom. The van der Waals surface area contributed by atoms with Crippen LogP contribution in [-0.4, -0.2) is 35.7 Å². The van der Waals surface area contributed by atoms with Crippen LogP contribution < -0.4 is 16.4 Å². The predicted octanol–water partition coefficient (Wildman–Crippen LogP) is -0.824. The second-order valence-electron chi connectivity index (χ2n) is 3.77. The van der Waals surface area contributed by atoms with E-state index in [1.165, 1.54) is 0 Å². The van der Waals surface area contributed by atoms with E-state index in [1.54, 1.807) is 6.92 Å². The largest absolute Gasteiger partial charge is 0.395 e. The molecule has 0 aliphatic carbocycles. The minimum atomic E-state index is -0.876. The fourth-order valence-electron chi connectivity index (χ4n) is 1.08. The van der Waals surface area contributed by atoms with Gasteiger partial charge in [-0.05, 0) is 12.8 Å². The highest BCUT2D eigenvalue weighted by Gasteiger charge is 2.20. The lowest BCUT2D eigenvalue weighted by atomic mass is 10.0. The number of urea groups is 1. The van der Waals surface area contributed by atoms with Crippen molar-refractivity contribution in [3.8, 4) is 0 Å². The number of rotatable bonds is 5. The zero-order chi connectivity index (χ0) is 12.0. The number of nitrogens with two attached hydrogens (primary N) is 1. The van der Waals surface area contributed by atoms with Crippen molar-refractivity contribution in [2.45, 2.75) is 32.9 Å². The molecule has 0 saturated heterocycles. The third-order valence-corrected chi connectivity index (χ3v) is 2.11. The topological polar surface area (TPSA) is 104 Å². The summed E-state index contributed by atoms with van der Waals surface area (Å²) in [5.41, 5.74) is 4.81. The molecule has 0 aliphatic rings. The second-order valence-corrected chi connectivity index (χ2v) is 3.77. The van der Waals surface area contributed by atoms with E-state index in [4.69, 9.17) is 10.8 Å². The summed E-state index contributed by atoms with van der Waals surface area (Å²) in [4.78, 5) is 21.7. The predicted molar refractivity (Wildman–Crippen MR) is 56.0 cm³/mol. The van der Waals surface area contributed by atoms with Gasteiger partial charge in [0.2, 0.25) is 5.91 Å². The first kappa shape index (κ1) is 13.9. The Hall–Kier alpha value is -1.14. The molecule has 0 radical (unpaired) electrons. The minimum absolute atomic E-state index is 0.0636. The van der Waals surface area contributed by atoms with Crippen molar-refractivity contribution in [3.05, 3.63) is 0 Å². The van der Waals surface area contributed by atoms with Crippen LogP contribution in [-0.2, 0) is 4.79 Å².